The summed E-state index contributed by atoms with van der Waals surface area (Å²) < 4.78 is 0. The third kappa shape index (κ3) is 2.56. The normalized spacial score (nSPS) is 16.9. The second kappa shape index (κ2) is 4.93. The number of benzene rings is 1. The van der Waals surface area contributed by atoms with E-state index in [1.165, 1.54) is 16.7 Å². The van der Waals surface area contributed by atoms with Crippen molar-refractivity contribution in [3.8, 4) is 0 Å². The van der Waals surface area contributed by atoms with Gasteiger partial charge in [0, 0.05) is 4.90 Å². The number of rotatable bonds is 2. The first-order chi connectivity index (χ1) is 9.22. The van der Waals surface area contributed by atoms with Crippen LogP contribution in [0.1, 0.15) is 5.56 Å². The van der Waals surface area contributed by atoms with Gasteiger partial charge in [-0.15, -0.1) is 11.8 Å². The monoisotopic (exact) mass is 271 g/mol. The molecule has 96 valence electrons. The van der Waals surface area contributed by atoms with Gasteiger partial charge in [0.15, 0.2) is 0 Å². The fraction of sp³-hybridized carbons (Fsp3) is 0.143. The van der Waals surface area contributed by atoms with Crippen molar-refractivity contribution in [3.05, 3.63) is 48.2 Å². The molecule has 1 atom stereocenters. The second-order valence-electron chi connectivity index (χ2n) is 4.38. The Morgan fingerprint density at radius 1 is 1.32 bits per heavy atom. The van der Waals surface area contributed by atoms with Gasteiger partial charge >= 0.3 is 0 Å². The maximum absolute atomic E-state index is 12.2. The van der Waals surface area contributed by atoms with Gasteiger partial charge in [-0.05, 0) is 30.2 Å². The average Bonchev–Trinajstić information content (AvgIpc) is 2.85. The van der Waals surface area contributed by atoms with E-state index in [2.05, 4.69) is 22.4 Å². The van der Waals surface area contributed by atoms with Crippen LogP contribution in [0.4, 0.5) is 11.5 Å². The van der Waals surface area contributed by atoms with Crippen molar-refractivity contribution in [2.75, 3.05) is 11.1 Å². The highest BCUT2D eigenvalue weighted by atomic mass is 32.2. The van der Waals surface area contributed by atoms with Gasteiger partial charge in [0.1, 0.15) is 5.82 Å². The van der Waals surface area contributed by atoms with E-state index in [-0.39, 0.29) is 11.2 Å². The van der Waals surface area contributed by atoms with E-state index in [1.807, 2.05) is 12.1 Å². The van der Waals surface area contributed by atoms with Gasteiger partial charge in [0.25, 0.3) is 0 Å². The second-order valence-corrected chi connectivity index (χ2v) is 5.63. The van der Waals surface area contributed by atoms with Gasteiger partial charge in [-0.2, -0.15) is 0 Å². The van der Waals surface area contributed by atoms with Crippen molar-refractivity contribution < 1.29 is 4.79 Å². The minimum absolute atomic E-state index is 0.0153. The third-order valence-electron chi connectivity index (χ3n) is 2.98. The molecule has 5 heteroatoms. The van der Waals surface area contributed by atoms with Crippen LogP contribution in [0.25, 0.3) is 0 Å². The Labute approximate surface area is 115 Å². The Hall–Kier alpha value is -2.01. The highest BCUT2D eigenvalue weighted by Gasteiger charge is 2.28. The molecule has 1 aromatic heterocycles. The van der Waals surface area contributed by atoms with Crippen LogP contribution >= 0.6 is 11.8 Å². The summed E-state index contributed by atoms with van der Waals surface area (Å²) in [4.78, 5) is 17.4. The quantitative estimate of drug-likeness (QED) is 0.879. The van der Waals surface area contributed by atoms with Crippen molar-refractivity contribution in [2.45, 2.75) is 16.6 Å². The molecule has 3 N–H and O–H groups in total. The molecule has 0 aliphatic carbocycles. The number of anilines is 2. The first kappa shape index (κ1) is 12.0. The van der Waals surface area contributed by atoms with Crippen LogP contribution in [0, 0.1) is 0 Å². The summed E-state index contributed by atoms with van der Waals surface area (Å²) in [5.41, 5.74) is 7.38. The lowest BCUT2D eigenvalue weighted by atomic mass is 10.1. The summed E-state index contributed by atoms with van der Waals surface area (Å²) >= 11 is 1.60. The fourth-order valence-corrected chi connectivity index (χ4v) is 3.21. The Morgan fingerprint density at radius 3 is 2.89 bits per heavy atom. The minimum atomic E-state index is -0.0863. The summed E-state index contributed by atoms with van der Waals surface area (Å²) in [5, 5.41) is 2.73. The van der Waals surface area contributed by atoms with Crippen LogP contribution in [0.3, 0.4) is 0 Å². The van der Waals surface area contributed by atoms with Gasteiger partial charge in [-0.25, -0.2) is 4.98 Å². The Kier molecular flexibility index (Phi) is 3.13. The first-order valence-corrected chi connectivity index (χ1v) is 6.87. The van der Waals surface area contributed by atoms with E-state index >= 15 is 0 Å². The molecule has 0 fully saturated rings. The highest BCUT2D eigenvalue weighted by molar-refractivity contribution is 8.01. The predicted molar refractivity (Wildman–Crippen MR) is 77.1 cm³/mol. The first-order valence-electron chi connectivity index (χ1n) is 5.99. The highest BCUT2D eigenvalue weighted by Crippen LogP contribution is 2.37. The standard InChI is InChI=1S/C14H13N3OS/c15-10-5-6-13(16-8-10)17-14(18)12-7-9-3-1-2-4-11(9)19-12/h1-6,8,12H,7,15H2,(H,16,17,18). The van der Waals surface area contributed by atoms with Gasteiger partial charge in [0.2, 0.25) is 5.91 Å². The van der Waals surface area contributed by atoms with Crippen LogP contribution in [0.5, 0.6) is 0 Å². The van der Waals surface area contributed by atoms with Crippen LogP contribution in [-0.2, 0) is 11.2 Å². The van der Waals surface area contributed by atoms with Gasteiger partial charge in [0.05, 0.1) is 17.1 Å². The third-order valence-corrected chi connectivity index (χ3v) is 4.29. The van der Waals surface area contributed by atoms with Crippen molar-refractivity contribution in [2.24, 2.45) is 0 Å². The van der Waals surface area contributed by atoms with Gasteiger partial charge < -0.3 is 11.1 Å². The number of carbonyl (C=O) groups is 1. The summed E-state index contributed by atoms with van der Waals surface area (Å²) in [6.07, 6.45) is 2.30. The molecule has 1 unspecified atom stereocenters. The van der Waals surface area contributed by atoms with E-state index < -0.39 is 0 Å². The lowest BCUT2D eigenvalue weighted by molar-refractivity contribution is -0.115. The number of nitrogens with zero attached hydrogens (tertiary/aromatic N) is 1. The van der Waals surface area contributed by atoms with E-state index in [4.69, 9.17) is 5.73 Å². The van der Waals surface area contributed by atoms with Gasteiger partial charge in [-0.3, -0.25) is 4.79 Å². The molecule has 1 aromatic carbocycles. The number of nitrogens with one attached hydrogen (secondary N) is 1. The molecule has 0 saturated carbocycles. The fourth-order valence-electron chi connectivity index (χ4n) is 2.01. The number of thioether (sulfide) groups is 1. The largest absolute Gasteiger partial charge is 0.397 e. The summed E-state index contributed by atoms with van der Waals surface area (Å²) in [6, 6.07) is 11.5. The zero-order chi connectivity index (χ0) is 13.2. The number of nitrogens with two attached hydrogens (primary N) is 1. The topological polar surface area (TPSA) is 68.0 Å². The van der Waals surface area contributed by atoms with Crippen molar-refractivity contribution in [1.82, 2.24) is 4.98 Å². The number of fused-ring (bicyclic) bond motifs is 1. The summed E-state index contributed by atoms with van der Waals surface area (Å²) in [5.74, 6) is 0.522. The number of aromatic nitrogens is 1. The van der Waals surface area contributed by atoms with Crippen molar-refractivity contribution >= 4 is 29.2 Å². The SMILES string of the molecule is Nc1ccc(NC(=O)C2Cc3ccccc3S2)nc1. The Morgan fingerprint density at radius 2 is 2.16 bits per heavy atom. The van der Waals surface area contributed by atoms with Crippen molar-refractivity contribution in [1.29, 1.82) is 0 Å². The molecule has 4 nitrogen and oxygen atoms in total. The maximum atomic E-state index is 12.2. The number of pyridine rings is 1. The molecule has 0 radical (unpaired) electrons. The van der Waals surface area contributed by atoms with Crippen LogP contribution in [0.2, 0.25) is 0 Å². The molecule has 1 aliphatic rings. The molecule has 1 amide bonds. The van der Waals surface area contributed by atoms with Crippen LogP contribution in [0.15, 0.2) is 47.5 Å². The Bertz CT molecular complexity index is 587. The number of hydrogen-bond acceptors (Lipinski definition) is 4. The predicted octanol–water partition coefficient (Wildman–Crippen LogP) is 2.32. The lowest BCUT2D eigenvalue weighted by Crippen LogP contribution is -2.25. The zero-order valence-corrected chi connectivity index (χ0v) is 11.0. The maximum Gasteiger partial charge on any atom is 0.239 e. The Balaban J connectivity index is 1.68. The van der Waals surface area contributed by atoms with Crippen LogP contribution in [-0.4, -0.2) is 16.1 Å². The van der Waals surface area contributed by atoms with E-state index in [1.54, 1.807) is 23.9 Å². The molecular weight excluding hydrogens is 258 g/mol. The molecule has 1 aliphatic heterocycles. The lowest BCUT2D eigenvalue weighted by Gasteiger charge is -2.09. The molecule has 2 aromatic rings. The summed E-state index contributed by atoms with van der Waals surface area (Å²) in [7, 11) is 0. The van der Waals surface area contributed by atoms with Crippen molar-refractivity contribution in [3.63, 3.8) is 0 Å². The molecule has 0 bridgehead atoms. The van der Waals surface area contributed by atoms with E-state index in [0.717, 1.165) is 6.42 Å². The number of carbonyl (C=O) groups excluding carboxylic acids is 1. The molecule has 0 saturated heterocycles. The summed E-state index contributed by atoms with van der Waals surface area (Å²) in [6.45, 7) is 0. The zero-order valence-electron chi connectivity index (χ0n) is 10.2. The molecule has 3 rings (SSSR count). The molecule has 19 heavy (non-hydrogen) atoms. The number of amides is 1. The van der Waals surface area contributed by atoms with E-state index in [0.29, 0.717) is 11.5 Å². The molecular formula is C14H13N3OS. The van der Waals surface area contributed by atoms with E-state index in [9.17, 15) is 4.79 Å². The number of nitrogen functional groups attached to an aromatic ring is 1. The molecule has 2 heterocycles. The molecule has 0 spiro atoms. The number of hydrogen-bond donors (Lipinski definition) is 2. The minimum Gasteiger partial charge on any atom is -0.397 e. The van der Waals surface area contributed by atoms with Gasteiger partial charge in [-0.1, -0.05) is 18.2 Å². The smallest absolute Gasteiger partial charge is 0.239 e. The van der Waals surface area contributed by atoms with Crippen LogP contribution < -0.4 is 11.1 Å². The average molecular weight is 271 g/mol.